The Morgan fingerprint density at radius 2 is 1.58 bits per heavy atom. The van der Waals surface area contributed by atoms with Crippen molar-refractivity contribution in [2.75, 3.05) is 33.5 Å². The van der Waals surface area contributed by atoms with Crippen LogP contribution in [0.2, 0.25) is 0 Å². The zero-order chi connectivity index (χ0) is 28.6. The average molecular weight is 553 g/mol. The molecule has 1 aromatic rings. The van der Waals surface area contributed by atoms with Gasteiger partial charge in [-0.1, -0.05) is 47.0 Å². The number of aliphatic imine (C=N–C) groups is 1. The van der Waals surface area contributed by atoms with E-state index in [1.165, 1.54) is 19.3 Å². The Hall–Kier alpha value is -1.70. The van der Waals surface area contributed by atoms with Crippen LogP contribution in [0, 0.1) is 0 Å². The molecule has 6 nitrogen and oxygen atoms in total. The Kier molecular flexibility index (Phi) is 23.3. The zero-order valence-corrected chi connectivity index (χ0v) is 26.3. The van der Waals surface area contributed by atoms with Crippen LogP contribution in [0.1, 0.15) is 93.4 Å². The fraction of sp³-hybridized carbons (Fsp3) is 0.710. The standard InChI is InChI=1S/C21H31NO4S.C4H10.C3H7N.C3H8/c1-3-24-16-22-13-10-18(11-14-22)25-15-12-17(2)26-19-4-6-20(7-5-19)27(23)21-8-9-21;2*1-3-4-2;1-3-2/h4-7,12,15,17-18,21H,3,8-11,13-14,16H2,1-2H3;3-4H2,1-2H3;3H,1-2H3;3H2,1-2H3/b15-12+;;;. The second-order valence-corrected chi connectivity index (χ2v) is 11.2. The van der Waals surface area contributed by atoms with Gasteiger partial charge in [-0.2, -0.15) is 0 Å². The van der Waals surface area contributed by atoms with Gasteiger partial charge in [0.05, 0.1) is 23.8 Å². The third kappa shape index (κ3) is 18.5. The lowest BCUT2D eigenvalue weighted by Gasteiger charge is -2.30. The van der Waals surface area contributed by atoms with Crippen molar-refractivity contribution in [2.24, 2.45) is 4.99 Å². The zero-order valence-electron chi connectivity index (χ0n) is 25.5. The molecule has 3 rings (SSSR count). The van der Waals surface area contributed by atoms with Gasteiger partial charge in [0.1, 0.15) is 18.0 Å². The molecule has 38 heavy (non-hydrogen) atoms. The van der Waals surface area contributed by atoms with Gasteiger partial charge in [-0.05, 0) is 83.0 Å². The van der Waals surface area contributed by atoms with Crippen LogP contribution in [0.3, 0.4) is 0 Å². The summed E-state index contributed by atoms with van der Waals surface area (Å²) < 4.78 is 29.3. The molecule has 1 aliphatic heterocycles. The molecule has 0 spiro atoms. The maximum atomic E-state index is 12.1. The van der Waals surface area contributed by atoms with E-state index in [0.717, 1.165) is 62.8 Å². The van der Waals surface area contributed by atoms with Crippen LogP contribution in [-0.2, 0) is 20.3 Å². The number of rotatable bonds is 11. The molecule has 0 bridgehead atoms. The molecule has 2 aliphatic rings. The second-order valence-electron chi connectivity index (χ2n) is 9.42. The topological polar surface area (TPSA) is 60.4 Å². The Labute approximate surface area is 236 Å². The van der Waals surface area contributed by atoms with Crippen molar-refractivity contribution in [3.8, 4) is 5.75 Å². The number of likely N-dealkylation sites (tertiary alicyclic amines) is 1. The lowest BCUT2D eigenvalue weighted by atomic mass is 10.1. The summed E-state index contributed by atoms with van der Waals surface area (Å²) in [7, 11) is 0.892. The normalized spacial score (nSPS) is 17.4. The molecular formula is C31H56N2O4S. The van der Waals surface area contributed by atoms with E-state index in [1.54, 1.807) is 19.5 Å². The van der Waals surface area contributed by atoms with Gasteiger partial charge in [-0.3, -0.25) is 9.11 Å². The number of ether oxygens (including phenoxy) is 3. The highest BCUT2D eigenvalue weighted by Crippen LogP contribution is 2.31. The number of nitrogens with zero attached hydrogens (tertiary/aromatic N) is 2. The summed E-state index contributed by atoms with van der Waals surface area (Å²) >= 11 is 0. The maximum Gasteiger partial charge on any atom is 0.120 e. The van der Waals surface area contributed by atoms with Crippen molar-refractivity contribution in [3.63, 3.8) is 0 Å². The van der Waals surface area contributed by atoms with E-state index in [2.05, 4.69) is 37.6 Å². The van der Waals surface area contributed by atoms with Crippen molar-refractivity contribution in [1.82, 2.24) is 4.90 Å². The fourth-order valence-corrected chi connectivity index (χ4v) is 4.40. The number of piperidine rings is 1. The van der Waals surface area contributed by atoms with Crippen molar-refractivity contribution in [1.29, 1.82) is 0 Å². The van der Waals surface area contributed by atoms with Gasteiger partial charge in [-0.25, -0.2) is 0 Å². The molecule has 1 heterocycles. The summed E-state index contributed by atoms with van der Waals surface area (Å²) in [6.45, 7) is 18.0. The molecule has 7 heteroatoms. The minimum atomic E-state index is -0.858. The van der Waals surface area contributed by atoms with Gasteiger partial charge in [-0.15, -0.1) is 0 Å². The van der Waals surface area contributed by atoms with E-state index >= 15 is 0 Å². The fourth-order valence-electron chi connectivity index (χ4n) is 3.04. The van der Waals surface area contributed by atoms with E-state index in [0.29, 0.717) is 5.25 Å². The highest BCUT2D eigenvalue weighted by Gasteiger charge is 2.29. The number of hydrogen-bond acceptors (Lipinski definition) is 6. The maximum absolute atomic E-state index is 12.1. The third-order valence-electron chi connectivity index (χ3n) is 5.60. The Bertz CT molecular complexity index is 737. The van der Waals surface area contributed by atoms with Gasteiger partial charge < -0.3 is 19.2 Å². The van der Waals surface area contributed by atoms with Crippen LogP contribution in [0.25, 0.3) is 0 Å². The first-order valence-electron chi connectivity index (χ1n) is 14.6. The molecule has 1 aliphatic carbocycles. The Morgan fingerprint density at radius 1 is 1.03 bits per heavy atom. The van der Waals surface area contributed by atoms with E-state index < -0.39 is 10.8 Å². The Morgan fingerprint density at radius 3 is 2.03 bits per heavy atom. The minimum absolute atomic E-state index is 0.0807. The van der Waals surface area contributed by atoms with Crippen LogP contribution >= 0.6 is 0 Å². The molecule has 0 aromatic heterocycles. The number of benzene rings is 1. The van der Waals surface area contributed by atoms with Crippen LogP contribution < -0.4 is 4.74 Å². The summed E-state index contributed by atoms with van der Waals surface area (Å²) in [5, 5.41) is 0.363. The molecule has 2 unspecified atom stereocenters. The smallest absolute Gasteiger partial charge is 0.120 e. The van der Waals surface area contributed by atoms with Crippen LogP contribution in [0.4, 0.5) is 0 Å². The third-order valence-corrected chi connectivity index (χ3v) is 7.41. The first kappa shape index (κ1) is 36.3. The molecule has 0 N–H and O–H groups in total. The molecule has 1 aromatic carbocycles. The van der Waals surface area contributed by atoms with E-state index in [-0.39, 0.29) is 12.2 Å². The van der Waals surface area contributed by atoms with Gasteiger partial charge in [0.2, 0.25) is 0 Å². The van der Waals surface area contributed by atoms with Crippen LogP contribution in [0.15, 0.2) is 46.5 Å². The lowest BCUT2D eigenvalue weighted by molar-refractivity contribution is -0.00607. The van der Waals surface area contributed by atoms with E-state index in [9.17, 15) is 4.21 Å². The van der Waals surface area contributed by atoms with Crippen LogP contribution in [-0.4, -0.2) is 66.3 Å². The molecule has 1 saturated heterocycles. The first-order valence-corrected chi connectivity index (χ1v) is 15.8. The molecule has 2 fully saturated rings. The van der Waals surface area contributed by atoms with Crippen molar-refractivity contribution < 1.29 is 18.4 Å². The van der Waals surface area contributed by atoms with E-state index in [4.69, 9.17) is 14.2 Å². The largest absolute Gasteiger partial charge is 0.498 e. The minimum Gasteiger partial charge on any atom is -0.498 e. The molecular weight excluding hydrogens is 496 g/mol. The van der Waals surface area contributed by atoms with E-state index in [1.807, 2.05) is 51.1 Å². The molecule has 2 atom stereocenters. The summed E-state index contributed by atoms with van der Waals surface area (Å²) in [5.41, 5.74) is 0. The van der Waals surface area contributed by atoms with Crippen molar-refractivity contribution >= 4 is 17.0 Å². The highest BCUT2D eigenvalue weighted by atomic mass is 32.2. The predicted molar refractivity (Wildman–Crippen MR) is 164 cm³/mol. The van der Waals surface area contributed by atoms with Gasteiger partial charge >= 0.3 is 0 Å². The average Bonchev–Trinajstić information content (AvgIpc) is 3.79. The molecule has 1 saturated carbocycles. The molecule has 0 radical (unpaired) electrons. The quantitative estimate of drug-likeness (QED) is 0.208. The van der Waals surface area contributed by atoms with Gasteiger partial charge in [0.25, 0.3) is 0 Å². The predicted octanol–water partition coefficient (Wildman–Crippen LogP) is 7.64. The summed E-state index contributed by atoms with van der Waals surface area (Å²) in [4.78, 5) is 6.82. The number of hydrogen-bond donors (Lipinski definition) is 0. The number of unbranched alkanes of at least 4 members (excludes halogenated alkanes) is 1. The summed E-state index contributed by atoms with van der Waals surface area (Å²) in [6.07, 6.45) is 13.7. The molecule has 0 amide bonds. The Balaban J connectivity index is 0.00000106. The van der Waals surface area contributed by atoms with Gasteiger partial charge in [0, 0.05) is 36.9 Å². The highest BCUT2D eigenvalue weighted by molar-refractivity contribution is 7.86. The SMILES string of the molecule is CC=NC.CCC.CCCC.CCOCN1CCC(O/C=C/C(C)Oc2ccc(S(=O)C3CC3)cc2)CC1. The molecule has 220 valence electrons. The summed E-state index contributed by atoms with van der Waals surface area (Å²) in [6, 6.07) is 7.61. The lowest BCUT2D eigenvalue weighted by Crippen LogP contribution is -2.37. The van der Waals surface area contributed by atoms with Crippen LogP contribution in [0.5, 0.6) is 5.75 Å². The van der Waals surface area contributed by atoms with Crippen molar-refractivity contribution in [3.05, 3.63) is 36.6 Å². The second kappa shape index (κ2) is 24.3. The summed E-state index contributed by atoms with van der Waals surface area (Å²) in [5.74, 6) is 0.785. The van der Waals surface area contributed by atoms with Gasteiger partial charge in [0.15, 0.2) is 0 Å². The van der Waals surface area contributed by atoms with Crippen molar-refractivity contribution in [2.45, 2.75) is 116 Å². The first-order chi connectivity index (χ1) is 18.4. The monoisotopic (exact) mass is 552 g/mol.